The second-order valence-corrected chi connectivity index (χ2v) is 3.03. The minimum Gasteiger partial charge on any atom is -0.370 e. The molecule has 0 aromatic rings. The van der Waals surface area contributed by atoms with Crippen LogP contribution in [0.15, 0.2) is 12.7 Å². The number of methoxy groups -OCH3 is 1. The number of hydrogen-bond donors (Lipinski definition) is 1. The monoisotopic (exact) mass is 200 g/mol. The van der Waals surface area contributed by atoms with Crippen LogP contribution in [0.5, 0.6) is 0 Å². The van der Waals surface area contributed by atoms with Crippen molar-refractivity contribution in [2.75, 3.05) is 26.7 Å². The van der Waals surface area contributed by atoms with Gasteiger partial charge in [-0.1, -0.05) is 13.0 Å². The summed E-state index contributed by atoms with van der Waals surface area (Å²) in [6, 6.07) is 0. The van der Waals surface area contributed by atoms with Gasteiger partial charge >= 0.3 is 0 Å². The van der Waals surface area contributed by atoms with Crippen molar-refractivity contribution in [3.05, 3.63) is 12.7 Å². The first-order valence-electron chi connectivity index (χ1n) is 4.83. The van der Waals surface area contributed by atoms with Gasteiger partial charge in [-0.25, -0.2) is 0 Å². The highest BCUT2D eigenvalue weighted by Gasteiger charge is 2.21. The number of ether oxygens (including phenoxy) is 1. The lowest BCUT2D eigenvalue weighted by atomic mass is 10.2. The summed E-state index contributed by atoms with van der Waals surface area (Å²) >= 11 is 0. The van der Waals surface area contributed by atoms with Crippen LogP contribution in [0.25, 0.3) is 0 Å². The lowest BCUT2D eigenvalue weighted by molar-refractivity contribution is -0.140. The zero-order valence-electron chi connectivity index (χ0n) is 9.03. The minimum absolute atomic E-state index is 0.0586. The van der Waals surface area contributed by atoms with E-state index >= 15 is 0 Å². The molecule has 0 aromatic carbocycles. The van der Waals surface area contributed by atoms with E-state index in [1.54, 1.807) is 11.0 Å². The molecule has 4 nitrogen and oxygen atoms in total. The Morgan fingerprint density at radius 3 is 2.71 bits per heavy atom. The molecular formula is C10H20N2O2. The van der Waals surface area contributed by atoms with Crippen molar-refractivity contribution < 1.29 is 9.53 Å². The molecule has 1 amide bonds. The van der Waals surface area contributed by atoms with Gasteiger partial charge in [0.2, 0.25) is 0 Å². The molecule has 0 aliphatic heterocycles. The number of rotatable bonds is 7. The highest BCUT2D eigenvalue weighted by atomic mass is 16.5. The molecule has 0 fully saturated rings. The maximum atomic E-state index is 11.8. The lowest BCUT2D eigenvalue weighted by Crippen LogP contribution is -2.44. The topological polar surface area (TPSA) is 55.6 Å². The van der Waals surface area contributed by atoms with Crippen molar-refractivity contribution in [2.24, 2.45) is 5.73 Å². The van der Waals surface area contributed by atoms with Crippen molar-refractivity contribution in [1.29, 1.82) is 0 Å². The van der Waals surface area contributed by atoms with Crippen LogP contribution in [-0.2, 0) is 9.53 Å². The van der Waals surface area contributed by atoms with E-state index in [1.807, 2.05) is 6.92 Å². The Labute approximate surface area is 85.7 Å². The highest BCUT2D eigenvalue weighted by molar-refractivity contribution is 5.81. The zero-order valence-corrected chi connectivity index (χ0v) is 9.03. The fourth-order valence-corrected chi connectivity index (χ4v) is 1.22. The SMILES string of the molecule is C=CCN(CCC)C(=O)C(CN)OC. The lowest BCUT2D eigenvalue weighted by Gasteiger charge is -2.24. The third kappa shape index (κ3) is 3.89. The van der Waals surface area contributed by atoms with Crippen LogP contribution in [0, 0.1) is 0 Å². The third-order valence-electron chi connectivity index (χ3n) is 1.93. The summed E-state index contributed by atoms with van der Waals surface area (Å²) in [6.45, 7) is 7.11. The van der Waals surface area contributed by atoms with E-state index in [0.29, 0.717) is 13.1 Å². The zero-order chi connectivity index (χ0) is 11.0. The standard InChI is InChI=1S/C10H20N2O2/c1-4-6-12(7-5-2)10(13)9(8-11)14-3/h4,9H,1,5-8,11H2,2-3H3. The van der Waals surface area contributed by atoms with Gasteiger partial charge in [0.1, 0.15) is 6.10 Å². The number of hydrogen-bond acceptors (Lipinski definition) is 3. The summed E-state index contributed by atoms with van der Waals surface area (Å²) in [5, 5.41) is 0. The fraction of sp³-hybridized carbons (Fsp3) is 0.700. The Bertz CT molecular complexity index is 179. The van der Waals surface area contributed by atoms with Crippen LogP contribution in [0.4, 0.5) is 0 Å². The normalized spacial score (nSPS) is 12.2. The summed E-state index contributed by atoms with van der Waals surface area (Å²) in [7, 11) is 1.49. The summed E-state index contributed by atoms with van der Waals surface area (Å²) in [6.07, 6.45) is 2.10. The second-order valence-electron chi connectivity index (χ2n) is 3.03. The summed E-state index contributed by atoms with van der Waals surface area (Å²) in [5.41, 5.74) is 5.42. The van der Waals surface area contributed by atoms with Gasteiger partial charge < -0.3 is 15.4 Å². The molecule has 0 bridgehead atoms. The first-order valence-corrected chi connectivity index (χ1v) is 4.83. The van der Waals surface area contributed by atoms with Crippen molar-refractivity contribution in [2.45, 2.75) is 19.4 Å². The Kier molecular flexibility index (Phi) is 7.06. The quantitative estimate of drug-likeness (QED) is 0.605. The molecular weight excluding hydrogens is 180 g/mol. The molecule has 1 atom stereocenters. The van der Waals surface area contributed by atoms with Crippen LogP contribution in [0.2, 0.25) is 0 Å². The molecule has 82 valence electrons. The van der Waals surface area contributed by atoms with Gasteiger partial charge in [-0.05, 0) is 6.42 Å². The molecule has 0 aromatic heterocycles. The van der Waals surface area contributed by atoms with E-state index in [2.05, 4.69) is 6.58 Å². The van der Waals surface area contributed by atoms with E-state index in [1.165, 1.54) is 7.11 Å². The minimum atomic E-state index is -0.526. The maximum absolute atomic E-state index is 11.8. The van der Waals surface area contributed by atoms with Crippen molar-refractivity contribution in [3.63, 3.8) is 0 Å². The molecule has 2 N–H and O–H groups in total. The number of carbonyl (C=O) groups excluding carboxylic acids is 1. The fourth-order valence-electron chi connectivity index (χ4n) is 1.22. The molecule has 0 rings (SSSR count). The summed E-state index contributed by atoms with van der Waals surface area (Å²) in [4.78, 5) is 13.5. The highest BCUT2D eigenvalue weighted by Crippen LogP contribution is 1.99. The van der Waals surface area contributed by atoms with E-state index < -0.39 is 6.10 Å². The molecule has 4 heteroatoms. The number of nitrogens with zero attached hydrogens (tertiary/aromatic N) is 1. The average molecular weight is 200 g/mol. The second kappa shape index (κ2) is 7.53. The Balaban J connectivity index is 4.31. The van der Waals surface area contributed by atoms with Crippen molar-refractivity contribution in [1.82, 2.24) is 4.90 Å². The molecule has 0 radical (unpaired) electrons. The summed E-state index contributed by atoms with van der Waals surface area (Å²) in [5.74, 6) is -0.0586. The molecule has 0 heterocycles. The van der Waals surface area contributed by atoms with Crippen LogP contribution >= 0.6 is 0 Å². The van der Waals surface area contributed by atoms with Gasteiger partial charge in [-0.3, -0.25) is 4.79 Å². The van der Waals surface area contributed by atoms with Crippen molar-refractivity contribution >= 4 is 5.91 Å². The molecule has 14 heavy (non-hydrogen) atoms. The molecule has 0 spiro atoms. The van der Waals surface area contributed by atoms with Gasteiger partial charge in [0.05, 0.1) is 0 Å². The number of nitrogens with two attached hydrogens (primary N) is 1. The van der Waals surface area contributed by atoms with Crippen LogP contribution in [0.1, 0.15) is 13.3 Å². The van der Waals surface area contributed by atoms with Gasteiger partial charge in [-0.15, -0.1) is 6.58 Å². The molecule has 1 unspecified atom stereocenters. The van der Waals surface area contributed by atoms with Gasteiger partial charge in [0.25, 0.3) is 5.91 Å². The van der Waals surface area contributed by atoms with Crippen LogP contribution < -0.4 is 5.73 Å². The maximum Gasteiger partial charge on any atom is 0.253 e. The number of amides is 1. The first kappa shape index (κ1) is 13.1. The predicted octanol–water partition coefficient (Wildman–Crippen LogP) is 0.385. The average Bonchev–Trinajstić information content (AvgIpc) is 2.19. The van der Waals surface area contributed by atoms with Crippen LogP contribution in [-0.4, -0.2) is 43.7 Å². The van der Waals surface area contributed by atoms with Crippen LogP contribution in [0.3, 0.4) is 0 Å². The Hall–Kier alpha value is -0.870. The van der Waals surface area contributed by atoms with E-state index in [0.717, 1.165) is 6.42 Å². The summed E-state index contributed by atoms with van der Waals surface area (Å²) < 4.78 is 4.98. The molecule has 0 aliphatic rings. The predicted molar refractivity (Wildman–Crippen MR) is 56.9 cm³/mol. The Morgan fingerprint density at radius 2 is 2.36 bits per heavy atom. The third-order valence-corrected chi connectivity index (χ3v) is 1.93. The smallest absolute Gasteiger partial charge is 0.253 e. The Morgan fingerprint density at radius 1 is 1.71 bits per heavy atom. The van der Waals surface area contributed by atoms with E-state index in [9.17, 15) is 4.79 Å². The van der Waals surface area contributed by atoms with Gasteiger partial charge in [0, 0.05) is 26.7 Å². The first-order chi connectivity index (χ1) is 6.71. The van der Waals surface area contributed by atoms with Gasteiger partial charge in [-0.2, -0.15) is 0 Å². The largest absolute Gasteiger partial charge is 0.370 e. The number of carbonyl (C=O) groups is 1. The van der Waals surface area contributed by atoms with Crippen molar-refractivity contribution in [3.8, 4) is 0 Å². The molecule has 0 saturated heterocycles. The van der Waals surface area contributed by atoms with E-state index in [-0.39, 0.29) is 12.5 Å². The van der Waals surface area contributed by atoms with Gasteiger partial charge in [0.15, 0.2) is 0 Å². The van der Waals surface area contributed by atoms with E-state index in [4.69, 9.17) is 10.5 Å². The molecule has 0 saturated carbocycles. The molecule has 0 aliphatic carbocycles.